The third kappa shape index (κ3) is 3.61. The van der Waals surface area contributed by atoms with Crippen LogP contribution in [0.2, 0.25) is 0 Å². The normalized spacial score (nSPS) is 15.2. The molecular formula is C19H20N6OS3. The predicted molar refractivity (Wildman–Crippen MR) is 120 cm³/mol. The minimum Gasteiger partial charge on any atom is -0.506 e. The Labute approximate surface area is 180 Å². The zero-order chi connectivity index (χ0) is 20.0. The van der Waals surface area contributed by atoms with Gasteiger partial charge in [-0.3, -0.25) is 0 Å². The molecular weight excluding hydrogens is 424 g/mol. The van der Waals surface area contributed by atoms with E-state index in [9.17, 15) is 5.11 Å². The van der Waals surface area contributed by atoms with Gasteiger partial charge in [0.1, 0.15) is 16.5 Å². The van der Waals surface area contributed by atoms with Crippen LogP contribution in [-0.4, -0.2) is 51.2 Å². The Morgan fingerprint density at radius 2 is 1.86 bits per heavy atom. The van der Waals surface area contributed by atoms with E-state index >= 15 is 0 Å². The Balaban J connectivity index is 1.41. The lowest BCUT2D eigenvalue weighted by Crippen LogP contribution is -2.41. The maximum atomic E-state index is 10.5. The zero-order valence-corrected chi connectivity index (χ0v) is 18.5. The van der Waals surface area contributed by atoms with Crippen LogP contribution in [0.15, 0.2) is 18.5 Å². The van der Waals surface area contributed by atoms with Crippen LogP contribution < -0.4 is 10.2 Å². The van der Waals surface area contributed by atoms with Gasteiger partial charge in [-0.1, -0.05) is 22.7 Å². The third-order valence-corrected chi connectivity index (χ3v) is 8.19. The number of piperidine rings is 1. The van der Waals surface area contributed by atoms with E-state index in [1.54, 1.807) is 41.1 Å². The fourth-order valence-electron chi connectivity index (χ4n) is 3.48. The first-order valence-electron chi connectivity index (χ1n) is 9.41. The van der Waals surface area contributed by atoms with Gasteiger partial charge in [0.05, 0.1) is 9.88 Å². The van der Waals surface area contributed by atoms with Crippen molar-refractivity contribution in [3.63, 3.8) is 0 Å². The molecule has 2 N–H and O–H groups in total. The van der Waals surface area contributed by atoms with Crippen molar-refractivity contribution in [2.24, 2.45) is 0 Å². The molecule has 1 fully saturated rings. The predicted octanol–water partition coefficient (Wildman–Crippen LogP) is 4.14. The second kappa shape index (κ2) is 7.60. The van der Waals surface area contributed by atoms with Crippen LogP contribution in [0.4, 0.5) is 5.13 Å². The summed E-state index contributed by atoms with van der Waals surface area (Å²) >= 11 is 4.65. The Morgan fingerprint density at radius 3 is 2.55 bits per heavy atom. The van der Waals surface area contributed by atoms with Crippen LogP contribution in [0.3, 0.4) is 0 Å². The number of fused-ring (bicyclic) bond motifs is 1. The quantitative estimate of drug-likeness (QED) is 0.489. The van der Waals surface area contributed by atoms with Gasteiger partial charge >= 0.3 is 0 Å². The van der Waals surface area contributed by atoms with E-state index in [1.807, 2.05) is 6.92 Å². The van der Waals surface area contributed by atoms with Crippen LogP contribution in [0.25, 0.3) is 30.8 Å². The number of pyridine rings is 1. The summed E-state index contributed by atoms with van der Waals surface area (Å²) in [6.45, 7) is 4.07. The Bertz CT molecular complexity index is 1130. The van der Waals surface area contributed by atoms with E-state index in [0.29, 0.717) is 16.7 Å². The van der Waals surface area contributed by atoms with Crippen LogP contribution >= 0.6 is 34.0 Å². The molecule has 0 aliphatic carbocycles. The Morgan fingerprint density at radius 1 is 1.07 bits per heavy atom. The number of hydrogen-bond acceptors (Lipinski definition) is 10. The molecule has 7 nitrogen and oxygen atoms in total. The number of nitrogens with one attached hydrogen (secondary N) is 1. The highest BCUT2D eigenvalue weighted by Crippen LogP contribution is 2.39. The number of thiazole rings is 3. The molecule has 1 saturated heterocycles. The topological polar surface area (TPSA) is 87.1 Å². The van der Waals surface area contributed by atoms with Crippen molar-refractivity contribution in [2.75, 3.05) is 25.0 Å². The lowest BCUT2D eigenvalue weighted by Gasteiger charge is -2.31. The van der Waals surface area contributed by atoms with Gasteiger partial charge in [0.15, 0.2) is 14.8 Å². The largest absolute Gasteiger partial charge is 0.506 e. The molecule has 1 aliphatic rings. The first-order chi connectivity index (χ1) is 14.1. The first-order valence-corrected chi connectivity index (χ1v) is 11.9. The maximum absolute atomic E-state index is 10.5. The Hall–Kier alpha value is -2.14. The average molecular weight is 445 g/mol. The van der Waals surface area contributed by atoms with Gasteiger partial charge in [-0.05, 0) is 38.9 Å². The van der Waals surface area contributed by atoms with Crippen molar-refractivity contribution in [2.45, 2.75) is 25.8 Å². The zero-order valence-electron chi connectivity index (χ0n) is 16.0. The molecule has 150 valence electrons. The number of aromatic nitrogens is 4. The molecule has 1 aliphatic heterocycles. The van der Waals surface area contributed by atoms with E-state index in [2.05, 4.69) is 27.2 Å². The van der Waals surface area contributed by atoms with Crippen LogP contribution in [-0.2, 0) is 0 Å². The number of nitrogens with zero attached hydrogens (tertiary/aromatic N) is 5. The van der Waals surface area contributed by atoms with Crippen molar-refractivity contribution >= 4 is 48.8 Å². The van der Waals surface area contributed by atoms with Crippen molar-refractivity contribution < 1.29 is 5.11 Å². The Kier molecular flexibility index (Phi) is 4.94. The van der Waals surface area contributed by atoms with E-state index in [4.69, 9.17) is 9.97 Å². The van der Waals surface area contributed by atoms with Crippen molar-refractivity contribution in [3.05, 3.63) is 23.5 Å². The highest BCUT2D eigenvalue weighted by atomic mass is 32.1. The number of aromatic hydroxyl groups is 1. The summed E-state index contributed by atoms with van der Waals surface area (Å²) < 4.78 is 0. The van der Waals surface area contributed by atoms with E-state index < -0.39 is 0 Å². The van der Waals surface area contributed by atoms with Gasteiger partial charge in [-0.25, -0.2) is 19.9 Å². The van der Waals surface area contributed by atoms with Crippen LogP contribution in [0.5, 0.6) is 5.75 Å². The molecule has 5 heterocycles. The molecule has 4 aromatic heterocycles. The van der Waals surface area contributed by atoms with E-state index in [-0.39, 0.29) is 5.75 Å². The number of hydrogen-bond donors (Lipinski definition) is 2. The fraction of sp³-hybridized carbons (Fsp3) is 0.368. The van der Waals surface area contributed by atoms with Gasteiger partial charge in [-0.2, -0.15) is 0 Å². The molecule has 0 spiro atoms. The maximum Gasteiger partial charge on any atom is 0.188 e. The van der Waals surface area contributed by atoms with Gasteiger partial charge in [0, 0.05) is 31.0 Å². The molecule has 0 radical (unpaired) electrons. The summed E-state index contributed by atoms with van der Waals surface area (Å²) in [5.41, 5.74) is 1.36. The highest BCUT2D eigenvalue weighted by molar-refractivity contribution is 7.29. The van der Waals surface area contributed by atoms with Gasteiger partial charge in [0.2, 0.25) is 0 Å². The van der Waals surface area contributed by atoms with Crippen molar-refractivity contribution in [1.82, 2.24) is 25.3 Å². The van der Waals surface area contributed by atoms with Gasteiger partial charge in [0.25, 0.3) is 0 Å². The lowest BCUT2D eigenvalue weighted by atomic mass is 10.1. The summed E-state index contributed by atoms with van der Waals surface area (Å²) in [5, 5.41) is 16.6. The summed E-state index contributed by atoms with van der Waals surface area (Å²) in [6.07, 6.45) is 5.83. The first kappa shape index (κ1) is 18.9. The molecule has 10 heteroatoms. The molecule has 0 bridgehead atoms. The van der Waals surface area contributed by atoms with Gasteiger partial charge < -0.3 is 15.3 Å². The molecule has 29 heavy (non-hydrogen) atoms. The average Bonchev–Trinajstić information content (AvgIpc) is 3.42. The van der Waals surface area contributed by atoms with Gasteiger partial charge in [-0.15, -0.1) is 11.3 Å². The molecule has 5 rings (SSSR count). The molecule has 0 unspecified atom stereocenters. The minimum atomic E-state index is 0.127. The second-order valence-electron chi connectivity index (χ2n) is 7.05. The minimum absolute atomic E-state index is 0.127. The molecule has 0 atom stereocenters. The van der Waals surface area contributed by atoms with Crippen LogP contribution in [0.1, 0.15) is 17.8 Å². The van der Waals surface area contributed by atoms with E-state index in [1.165, 1.54) is 11.3 Å². The molecule has 0 saturated carbocycles. The van der Waals surface area contributed by atoms with E-state index in [0.717, 1.165) is 56.2 Å². The number of rotatable bonds is 4. The molecule has 0 aromatic carbocycles. The standard InChI is InChI=1S/C19H20N6OS3/c1-10-21-9-14(27-10)11-7-13(26)15(22-8-11)16-23-17-18(28-16)24-19(29-17)25(2)12-3-5-20-6-4-12/h7-9,12,20,26H,3-6H2,1-2H3. The van der Waals surface area contributed by atoms with Crippen molar-refractivity contribution in [3.8, 4) is 26.9 Å². The molecule has 0 amide bonds. The highest BCUT2D eigenvalue weighted by Gasteiger charge is 2.22. The summed E-state index contributed by atoms with van der Waals surface area (Å²) in [5.74, 6) is 0.127. The van der Waals surface area contributed by atoms with Crippen molar-refractivity contribution in [1.29, 1.82) is 0 Å². The fourth-order valence-corrected chi connectivity index (χ4v) is 6.32. The number of anilines is 1. The summed E-state index contributed by atoms with van der Waals surface area (Å²) in [4.78, 5) is 23.3. The smallest absolute Gasteiger partial charge is 0.188 e. The third-order valence-electron chi connectivity index (χ3n) is 5.10. The lowest BCUT2D eigenvalue weighted by molar-refractivity contribution is 0.443. The van der Waals surface area contributed by atoms with Crippen LogP contribution in [0, 0.1) is 6.92 Å². The number of aryl methyl sites for hydroxylation is 1. The molecule has 4 aromatic rings. The monoisotopic (exact) mass is 444 g/mol. The summed E-state index contributed by atoms with van der Waals surface area (Å²) in [7, 11) is 2.12. The summed E-state index contributed by atoms with van der Waals surface area (Å²) in [6, 6.07) is 2.25. The SMILES string of the molecule is Cc1ncc(-c2cnc(-c3nc4sc(N(C)C5CCNCC5)nc4s3)c(O)c2)s1. The second-order valence-corrected chi connectivity index (χ2v) is 10.2.